The van der Waals surface area contributed by atoms with Crippen molar-refractivity contribution in [2.24, 2.45) is 0 Å². The molecular weight excluding hydrogens is 254 g/mol. The lowest BCUT2D eigenvalue weighted by Crippen LogP contribution is -2.64. The van der Waals surface area contributed by atoms with Gasteiger partial charge in [0, 0.05) is 13.7 Å². The van der Waals surface area contributed by atoms with E-state index in [1.807, 2.05) is 6.92 Å². The van der Waals surface area contributed by atoms with Crippen molar-refractivity contribution < 1.29 is 28.9 Å². The molecule has 0 aliphatic carbocycles. The van der Waals surface area contributed by atoms with Gasteiger partial charge in [-0.25, -0.2) is 4.79 Å². The lowest BCUT2D eigenvalue weighted by molar-refractivity contribution is -0.173. The quantitative estimate of drug-likeness (QED) is 0.539. The van der Waals surface area contributed by atoms with Crippen LogP contribution in [0.1, 0.15) is 13.3 Å². The predicted molar refractivity (Wildman–Crippen MR) is 63.2 cm³/mol. The minimum Gasteiger partial charge on any atom is -0.479 e. The van der Waals surface area contributed by atoms with Gasteiger partial charge in [0.05, 0.1) is 19.6 Å². The van der Waals surface area contributed by atoms with Gasteiger partial charge >= 0.3 is 5.97 Å². The molecule has 2 atom stereocenters. The molecule has 0 unspecified atom stereocenters. The fraction of sp³-hybridized carbons (Fsp3) is 0.667. The molecule has 2 rings (SSSR count). The maximum atomic E-state index is 11.7. The zero-order chi connectivity index (χ0) is 14.0. The van der Waals surface area contributed by atoms with Gasteiger partial charge in [0.1, 0.15) is 5.76 Å². The van der Waals surface area contributed by atoms with Gasteiger partial charge < -0.3 is 19.3 Å². The molecule has 7 heteroatoms. The summed E-state index contributed by atoms with van der Waals surface area (Å²) in [6, 6.07) is 0. The number of hydrogen-bond donors (Lipinski definition) is 1. The van der Waals surface area contributed by atoms with Gasteiger partial charge in [-0.3, -0.25) is 9.69 Å². The molecule has 2 heterocycles. The third-order valence-electron chi connectivity index (χ3n) is 3.29. The molecule has 2 fully saturated rings. The SMILES string of the molecule is CCOC/C=C1\O[C@@H]2CC(=O)N2[C@@]1(COC)C(=O)O. The number of nitrogens with zero attached hydrogens (tertiary/aromatic N) is 1. The van der Waals surface area contributed by atoms with E-state index in [0.29, 0.717) is 6.61 Å². The van der Waals surface area contributed by atoms with Crippen molar-refractivity contribution in [1.29, 1.82) is 0 Å². The van der Waals surface area contributed by atoms with Crippen LogP contribution >= 0.6 is 0 Å². The fourth-order valence-corrected chi connectivity index (χ4v) is 2.39. The highest BCUT2D eigenvalue weighted by atomic mass is 16.5. The Balaban J connectivity index is 2.33. The number of hydrogen-bond acceptors (Lipinski definition) is 5. The molecule has 2 saturated heterocycles. The molecule has 2 aliphatic heterocycles. The van der Waals surface area contributed by atoms with E-state index < -0.39 is 17.7 Å². The first-order chi connectivity index (χ1) is 9.07. The number of carbonyl (C=O) groups excluding carboxylic acids is 1. The number of fused-ring (bicyclic) bond motifs is 1. The second-order valence-electron chi connectivity index (χ2n) is 4.37. The molecule has 19 heavy (non-hydrogen) atoms. The standard InChI is InChI=1S/C12H17NO6/c1-3-18-5-4-8-12(7-17-2,11(15)16)13-9(14)6-10(13)19-8/h4,10H,3,5-7H2,1-2H3,(H,15,16)/b8-4-/t10-,12-/m1/s1. The zero-order valence-electron chi connectivity index (χ0n) is 10.9. The van der Waals surface area contributed by atoms with Gasteiger partial charge in [0.2, 0.25) is 11.4 Å². The molecule has 0 spiro atoms. The zero-order valence-corrected chi connectivity index (χ0v) is 10.9. The third-order valence-corrected chi connectivity index (χ3v) is 3.29. The summed E-state index contributed by atoms with van der Waals surface area (Å²) in [7, 11) is 1.39. The molecule has 0 aromatic carbocycles. The van der Waals surface area contributed by atoms with Gasteiger partial charge in [-0.15, -0.1) is 0 Å². The van der Waals surface area contributed by atoms with Gasteiger partial charge in [-0.2, -0.15) is 0 Å². The average Bonchev–Trinajstić information content (AvgIpc) is 2.60. The Hall–Kier alpha value is -1.60. The van der Waals surface area contributed by atoms with Crippen LogP contribution in [0.4, 0.5) is 0 Å². The van der Waals surface area contributed by atoms with E-state index in [9.17, 15) is 14.7 Å². The molecule has 0 aromatic heterocycles. The topological polar surface area (TPSA) is 85.3 Å². The molecule has 2 aliphatic rings. The highest BCUT2D eigenvalue weighted by Crippen LogP contribution is 2.44. The number of β-lactam (4-membered cyclic amide) rings is 1. The maximum absolute atomic E-state index is 11.7. The summed E-state index contributed by atoms with van der Waals surface area (Å²) in [6.07, 6.45) is 1.25. The Morgan fingerprint density at radius 2 is 2.42 bits per heavy atom. The van der Waals surface area contributed by atoms with Crippen molar-refractivity contribution in [2.45, 2.75) is 25.1 Å². The normalized spacial score (nSPS) is 31.1. The van der Waals surface area contributed by atoms with Crippen molar-refractivity contribution in [3.05, 3.63) is 11.8 Å². The van der Waals surface area contributed by atoms with Gasteiger partial charge in [-0.1, -0.05) is 0 Å². The van der Waals surface area contributed by atoms with Crippen molar-refractivity contribution in [3.8, 4) is 0 Å². The summed E-state index contributed by atoms with van der Waals surface area (Å²) >= 11 is 0. The number of aliphatic carboxylic acids is 1. The summed E-state index contributed by atoms with van der Waals surface area (Å²) in [5.74, 6) is -1.19. The van der Waals surface area contributed by atoms with E-state index in [1.54, 1.807) is 6.08 Å². The first-order valence-electron chi connectivity index (χ1n) is 6.07. The Morgan fingerprint density at radius 3 is 2.95 bits per heavy atom. The molecule has 7 nitrogen and oxygen atoms in total. The average molecular weight is 271 g/mol. The van der Waals surface area contributed by atoms with Crippen LogP contribution in [0, 0.1) is 0 Å². The van der Waals surface area contributed by atoms with Gasteiger partial charge in [-0.05, 0) is 13.0 Å². The van der Waals surface area contributed by atoms with E-state index in [1.165, 1.54) is 12.0 Å². The highest BCUT2D eigenvalue weighted by Gasteiger charge is 2.64. The van der Waals surface area contributed by atoms with Crippen LogP contribution in [-0.2, 0) is 23.8 Å². The largest absolute Gasteiger partial charge is 0.479 e. The first-order valence-corrected chi connectivity index (χ1v) is 6.07. The van der Waals surface area contributed by atoms with Crippen LogP contribution < -0.4 is 0 Å². The van der Waals surface area contributed by atoms with Crippen LogP contribution in [0.5, 0.6) is 0 Å². The Labute approximate surface area is 110 Å². The van der Waals surface area contributed by atoms with E-state index in [4.69, 9.17) is 14.2 Å². The summed E-state index contributed by atoms with van der Waals surface area (Å²) in [6.45, 7) is 2.44. The van der Waals surface area contributed by atoms with Crippen LogP contribution in [0.2, 0.25) is 0 Å². The summed E-state index contributed by atoms with van der Waals surface area (Å²) in [5.41, 5.74) is -1.56. The summed E-state index contributed by atoms with van der Waals surface area (Å²) < 4.78 is 15.7. The number of carboxylic acids is 1. The first kappa shape index (κ1) is 13.8. The van der Waals surface area contributed by atoms with Crippen LogP contribution in [0.15, 0.2) is 11.8 Å². The van der Waals surface area contributed by atoms with E-state index in [-0.39, 0.29) is 31.3 Å². The lowest BCUT2D eigenvalue weighted by Gasteiger charge is -2.39. The number of carboxylic acid groups (broad SMARTS) is 1. The van der Waals surface area contributed by atoms with Crippen LogP contribution in [-0.4, -0.2) is 60.6 Å². The van der Waals surface area contributed by atoms with E-state index in [2.05, 4.69) is 0 Å². The van der Waals surface area contributed by atoms with Crippen molar-refractivity contribution in [2.75, 3.05) is 26.9 Å². The fourth-order valence-electron chi connectivity index (χ4n) is 2.39. The molecule has 1 amide bonds. The predicted octanol–water partition coefficient (Wildman–Crippen LogP) is -0.0348. The monoisotopic (exact) mass is 271 g/mol. The van der Waals surface area contributed by atoms with Crippen LogP contribution in [0.25, 0.3) is 0 Å². The summed E-state index contributed by atoms with van der Waals surface area (Å²) in [4.78, 5) is 24.5. The highest BCUT2D eigenvalue weighted by molar-refractivity contribution is 5.94. The van der Waals surface area contributed by atoms with Crippen LogP contribution in [0.3, 0.4) is 0 Å². The molecule has 0 bridgehead atoms. The van der Waals surface area contributed by atoms with E-state index in [0.717, 1.165) is 0 Å². The van der Waals surface area contributed by atoms with Gasteiger partial charge in [0.25, 0.3) is 0 Å². The molecule has 0 aromatic rings. The van der Waals surface area contributed by atoms with Crippen molar-refractivity contribution in [1.82, 2.24) is 4.90 Å². The molecular formula is C12H17NO6. The Bertz CT molecular complexity index is 420. The van der Waals surface area contributed by atoms with Crippen molar-refractivity contribution >= 4 is 11.9 Å². The molecule has 1 N–H and O–H groups in total. The third kappa shape index (κ3) is 1.98. The van der Waals surface area contributed by atoms with Gasteiger partial charge in [0.15, 0.2) is 6.23 Å². The second kappa shape index (κ2) is 5.18. The minimum absolute atomic E-state index is 0.150. The molecule has 0 radical (unpaired) electrons. The number of carbonyl (C=O) groups is 2. The Morgan fingerprint density at radius 1 is 1.68 bits per heavy atom. The summed E-state index contributed by atoms with van der Waals surface area (Å²) in [5, 5.41) is 9.53. The maximum Gasteiger partial charge on any atom is 0.340 e. The number of amides is 1. The molecule has 106 valence electrons. The Kier molecular flexibility index (Phi) is 3.77. The number of ether oxygens (including phenoxy) is 3. The number of methoxy groups -OCH3 is 1. The molecule has 0 saturated carbocycles. The smallest absolute Gasteiger partial charge is 0.340 e. The minimum atomic E-state index is -1.56. The lowest BCUT2D eigenvalue weighted by atomic mass is 9.93. The van der Waals surface area contributed by atoms with E-state index >= 15 is 0 Å². The van der Waals surface area contributed by atoms with Crippen molar-refractivity contribution in [3.63, 3.8) is 0 Å². The second-order valence-corrected chi connectivity index (χ2v) is 4.37. The number of rotatable bonds is 6.